The lowest BCUT2D eigenvalue weighted by Crippen LogP contribution is -2.07. The minimum atomic E-state index is 0.334. The number of benzene rings is 2. The van der Waals surface area contributed by atoms with E-state index < -0.39 is 0 Å². The van der Waals surface area contributed by atoms with E-state index in [1.165, 1.54) is 5.56 Å². The van der Waals surface area contributed by atoms with Crippen LogP contribution in [-0.4, -0.2) is 14.8 Å². The van der Waals surface area contributed by atoms with Gasteiger partial charge in [-0.1, -0.05) is 57.5 Å². The van der Waals surface area contributed by atoms with Gasteiger partial charge in [-0.15, -0.1) is 16.8 Å². The van der Waals surface area contributed by atoms with Crippen LogP contribution < -0.4 is 4.74 Å². The van der Waals surface area contributed by atoms with Crippen molar-refractivity contribution in [2.75, 3.05) is 0 Å². The summed E-state index contributed by atoms with van der Waals surface area (Å²) < 4.78 is 8.97. The molecule has 0 aliphatic rings. The molecular formula is C20H19BrClN3OS. The van der Waals surface area contributed by atoms with Crippen molar-refractivity contribution in [3.63, 3.8) is 0 Å². The standard InChI is InChI=1S/C20H19BrClN3OS/c1-3-10-25-19(12-26-17-8-9-18(22)14(2)11-17)23-24-20(25)27-13-15-4-6-16(21)7-5-15/h3-9,11H,1,10,12-13H2,2H3. The Bertz CT molecular complexity index is 927. The highest BCUT2D eigenvalue weighted by atomic mass is 79.9. The molecule has 4 nitrogen and oxygen atoms in total. The van der Waals surface area contributed by atoms with Crippen LogP contribution in [-0.2, 0) is 18.9 Å². The van der Waals surface area contributed by atoms with E-state index >= 15 is 0 Å². The van der Waals surface area contributed by atoms with Crippen molar-refractivity contribution in [3.8, 4) is 5.75 Å². The third kappa shape index (κ3) is 5.37. The van der Waals surface area contributed by atoms with Crippen LogP contribution in [0.15, 0.2) is 64.7 Å². The van der Waals surface area contributed by atoms with Gasteiger partial charge in [0.15, 0.2) is 11.0 Å². The zero-order valence-corrected chi connectivity index (χ0v) is 18.0. The molecule has 3 aromatic rings. The highest BCUT2D eigenvalue weighted by Gasteiger charge is 2.13. The maximum atomic E-state index is 6.06. The maximum absolute atomic E-state index is 6.06. The summed E-state index contributed by atoms with van der Waals surface area (Å²) in [5.74, 6) is 2.34. The molecule has 0 N–H and O–H groups in total. The molecule has 1 heterocycles. The molecule has 0 spiro atoms. The minimum absolute atomic E-state index is 0.334. The predicted molar refractivity (Wildman–Crippen MR) is 114 cm³/mol. The Hall–Kier alpha value is -1.76. The molecule has 0 aliphatic carbocycles. The maximum Gasteiger partial charge on any atom is 0.191 e. The van der Waals surface area contributed by atoms with Gasteiger partial charge in [-0.05, 0) is 48.4 Å². The van der Waals surface area contributed by atoms with Crippen molar-refractivity contribution in [2.45, 2.75) is 31.0 Å². The third-order valence-electron chi connectivity index (χ3n) is 3.88. The van der Waals surface area contributed by atoms with Crippen LogP contribution in [0.1, 0.15) is 17.0 Å². The summed E-state index contributed by atoms with van der Waals surface area (Å²) in [4.78, 5) is 0. The zero-order valence-electron chi connectivity index (χ0n) is 14.9. The van der Waals surface area contributed by atoms with Gasteiger partial charge in [-0.3, -0.25) is 4.57 Å². The molecule has 0 unspecified atom stereocenters. The first-order chi connectivity index (χ1) is 13.1. The van der Waals surface area contributed by atoms with Crippen molar-refractivity contribution in [1.29, 1.82) is 0 Å². The van der Waals surface area contributed by atoms with Gasteiger partial charge in [0.2, 0.25) is 0 Å². The molecule has 0 bridgehead atoms. The Kier molecular flexibility index (Phi) is 6.99. The molecule has 2 aromatic carbocycles. The lowest BCUT2D eigenvalue weighted by Gasteiger charge is -2.10. The van der Waals surface area contributed by atoms with Crippen molar-refractivity contribution in [2.24, 2.45) is 0 Å². The van der Waals surface area contributed by atoms with Crippen molar-refractivity contribution in [3.05, 3.63) is 81.6 Å². The summed E-state index contributed by atoms with van der Waals surface area (Å²) in [7, 11) is 0. The minimum Gasteiger partial charge on any atom is -0.486 e. The van der Waals surface area contributed by atoms with Gasteiger partial charge in [0.1, 0.15) is 12.4 Å². The number of halogens is 2. The highest BCUT2D eigenvalue weighted by molar-refractivity contribution is 9.10. The van der Waals surface area contributed by atoms with E-state index in [1.54, 1.807) is 11.8 Å². The first-order valence-electron chi connectivity index (χ1n) is 8.36. The summed E-state index contributed by atoms with van der Waals surface area (Å²) in [6.45, 7) is 6.76. The Morgan fingerprint density at radius 1 is 1.22 bits per heavy atom. The molecule has 0 fully saturated rings. The van der Waals surface area contributed by atoms with Crippen LogP contribution in [0.3, 0.4) is 0 Å². The van der Waals surface area contributed by atoms with Crippen molar-refractivity contribution < 1.29 is 4.74 Å². The number of nitrogens with zero attached hydrogens (tertiary/aromatic N) is 3. The number of rotatable bonds is 8. The Balaban J connectivity index is 1.69. The molecular weight excluding hydrogens is 446 g/mol. The van der Waals surface area contributed by atoms with Gasteiger partial charge < -0.3 is 4.74 Å². The van der Waals surface area contributed by atoms with Crippen molar-refractivity contribution >= 4 is 39.3 Å². The second kappa shape index (κ2) is 9.44. The molecule has 7 heteroatoms. The van der Waals surface area contributed by atoms with Crippen LogP contribution in [0, 0.1) is 6.92 Å². The van der Waals surface area contributed by atoms with Gasteiger partial charge in [0, 0.05) is 21.8 Å². The van der Waals surface area contributed by atoms with Crippen LogP contribution in [0.4, 0.5) is 0 Å². The number of thioether (sulfide) groups is 1. The van der Waals surface area contributed by atoms with Crippen LogP contribution >= 0.6 is 39.3 Å². The quantitative estimate of drug-likeness (QED) is 0.300. The van der Waals surface area contributed by atoms with Gasteiger partial charge in [0.25, 0.3) is 0 Å². The molecule has 0 aliphatic heterocycles. The van der Waals surface area contributed by atoms with Crippen LogP contribution in [0.2, 0.25) is 5.02 Å². The van der Waals surface area contributed by atoms with E-state index in [0.29, 0.717) is 13.2 Å². The average Bonchev–Trinajstić information content (AvgIpc) is 3.04. The number of aromatic nitrogens is 3. The second-order valence-corrected chi connectivity index (χ2v) is 8.18. The molecule has 0 saturated carbocycles. The molecule has 3 rings (SSSR count). The Morgan fingerprint density at radius 3 is 2.70 bits per heavy atom. The third-order valence-corrected chi connectivity index (χ3v) is 5.87. The highest BCUT2D eigenvalue weighted by Crippen LogP contribution is 2.25. The lowest BCUT2D eigenvalue weighted by atomic mass is 10.2. The van der Waals surface area contributed by atoms with Crippen LogP contribution in [0.5, 0.6) is 5.75 Å². The van der Waals surface area contributed by atoms with E-state index in [-0.39, 0.29) is 0 Å². The fourth-order valence-corrected chi connectivity index (χ4v) is 3.73. The van der Waals surface area contributed by atoms with E-state index in [2.05, 4.69) is 44.8 Å². The predicted octanol–water partition coefficient (Wildman–Crippen LogP) is 6.06. The lowest BCUT2D eigenvalue weighted by molar-refractivity contribution is 0.289. The number of allylic oxidation sites excluding steroid dienone is 1. The van der Waals surface area contributed by atoms with Crippen molar-refractivity contribution in [1.82, 2.24) is 14.8 Å². The van der Waals surface area contributed by atoms with Gasteiger partial charge >= 0.3 is 0 Å². The SMILES string of the molecule is C=CCn1c(COc2ccc(Cl)c(C)c2)nnc1SCc1ccc(Br)cc1. The van der Waals surface area contributed by atoms with Gasteiger partial charge in [0.05, 0.1) is 0 Å². The molecule has 0 radical (unpaired) electrons. The summed E-state index contributed by atoms with van der Waals surface area (Å²) in [5.41, 5.74) is 2.21. The smallest absolute Gasteiger partial charge is 0.191 e. The van der Waals surface area contributed by atoms with E-state index in [9.17, 15) is 0 Å². The molecule has 27 heavy (non-hydrogen) atoms. The second-order valence-electron chi connectivity index (χ2n) is 5.91. The van der Waals surface area contributed by atoms with Crippen LogP contribution in [0.25, 0.3) is 0 Å². The normalized spacial score (nSPS) is 10.8. The topological polar surface area (TPSA) is 39.9 Å². The fraction of sp³-hybridized carbons (Fsp3) is 0.200. The Morgan fingerprint density at radius 2 is 2.00 bits per heavy atom. The summed E-state index contributed by atoms with van der Waals surface area (Å²) in [5, 5.41) is 10.2. The first kappa shape index (κ1) is 20.0. The molecule has 140 valence electrons. The molecule has 0 atom stereocenters. The monoisotopic (exact) mass is 463 g/mol. The number of aryl methyl sites for hydroxylation is 1. The van der Waals surface area contributed by atoms with Gasteiger partial charge in [-0.25, -0.2) is 0 Å². The summed E-state index contributed by atoms with van der Waals surface area (Å²) in [6.07, 6.45) is 1.84. The summed E-state index contributed by atoms with van der Waals surface area (Å²) in [6, 6.07) is 13.9. The fourth-order valence-electron chi connectivity index (χ4n) is 2.43. The molecule has 0 saturated heterocycles. The first-order valence-corrected chi connectivity index (χ1v) is 10.5. The Labute approximate surface area is 176 Å². The van der Waals surface area contributed by atoms with E-state index in [4.69, 9.17) is 16.3 Å². The number of hydrogen-bond acceptors (Lipinski definition) is 4. The average molecular weight is 465 g/mol. The van der Waals surface area contributed by atoms with E-state index in [1.807, 2.05) is 47.9 Å². The zero-order chi connectivity index (χ0) is 19.2. The molecule has 1 aromatic heterocycles. The largest absolute Gasteiger partial charge is 0.486 e. The number of hydrogen-bond donors (Lipinski definition) is 0. The van der Waals surface area contributed by atoms with Gasteiger partial charge in [-0.2, -0.15) is 0 Å². The number of ether oxygens (including phenoxy) is 1. The van der Waals surface area contributed by atoms with E-state index in [0.717, 1.165) is 37.5 Å². The summed E-state index contributed by atoms with van der Waals surface area (Å²) >= 11 is 11.2. The molecule has 0 amide bonds.